The van der Waals surface area contributed by atoms with E-state index in [1.807, 2.05) is 0 Å². The van der Waals surface area contributed by atoms with Gasteiger partial charge < -0.3 is 20.4 Å². The summed E-state index contributed by atoms with van der Waals surface area (Å²) in [6.07, 6.45) is 6.00. The van der Waals surface area contributed by atoms with Crippen molar-refractivity contribution in [2.75, 3.05) is 0 Å². The van der Waals surface area contributed by atoms with Crippen molar-refractivity contribution in [3.05, 3.63) is 0 Å². The lowest BCUT2D eigenvalue weighted by molar-refractivity contribution is -0.207. The summed E-state index contributed by atoms with van der Waals surface area (Å²) < 4.78 is 0. The second-order valence-corrected chi connectivity index (χ2v) is 11.4. The molecule has 7 unspecified atom stereocenters. The molecule has 0 saturated heterocycles. The van der Waals surface area contributed by atoms with Gasteiger partial charge in [-0.25, -0.2) is 0 Å². The highest BCUT2D eigenvalue weighted by Crippen LogP contribution is 2.68. The van der Waals surface area contributed by atoms with Crippen molar-refractivity contribution >= 4 is 5.97 Å². The van der Waals surface area contributed by atoms with Gasteiger partial charge in [0.15, 0.2) is 0 Å². The van der Waals surface area contributed by atoms with Crippen molar-refractivity contribution in [3.63, 3.8) is 0 Å². The fourth-order valence-electron chi connectivity index (χ4n) is 8.68. The summed E-state index contributed by atoms with van der Waals surface area (Å²) in [4.78, 5) is 11.1. The summed E-state index contributed by atoms with van der Waals surface area (Å²) >= 11 is 0. The topological polar surface area (TPSA) is 98.0 Å². The SMILES string of the molecule is CC(CCC(=O)O)C1CCC2[C@@H]3C(CC(O)C12C)C1(C)CC[C@@H](O)C[C@H]1C[C@@H]3O. The van der Waals surface area contributed by atoms with Crippen LogP contribution in [0, 0.1) is 46.3 Å². The van der Waals surface area contributed by atoms with Crippen LogP contribution in [0.3, 0.4) is 0 Å². The molecule has 4 aliphatic carbocycles. The lowest BCUT2D eigenvalue weighted by atomic mass is 9.43. The van der Waals surface area contributed by atoms with E-state index in [0.717, 1.165) is 44.9 Å². The van der Waals surface area contributed by atoms with Gasteiger partial charge in [-0.1, -0.05) is 20.8 Å². The van der Waals surface area contributed by atoms with Gasteiger partial charge in [0.05, 0.1) is 18.3 Å². The largest absolute Gasteiger partial charge is 0.481 e. The Hall–Kier alpha value is -0.650. The smallest absolute Gasteiger partial charge is 0.303 e. The van der Waals surface area contributed by atoms with Crippen LogP contribution in [0.2, 0.25) is 0 Å². The summed E-state index contributed by atoms with van der Waals surface area (Å²) in [5.74, 6) is 0.997. The molecule has 4 saturated carbocycles. The van der Waals surface area contributed by atoms with Crippen LogP contribution < -0.4 is 0 Å². The van der Waals surface area contributed by atoms with E-state index in [2.05, 4.69) is 20.8 Å². The molecular weight excluding hydrogens is 368 g/mol. The number of aliphatic carboxylic acids is 1. The maximum Gasteiger partial charge on any atom is 0.303 e. The predicted molar refractivity (Wildman–Crippen MR) is 110 cm³/mol. The third-order valence-electron chi connectivity index (χ3n) is 10.3. The highest BCUT2D eigenvalue weighted by molar-refractivity contribution is 5.66. The van der Waals surface area contributed by atoms with Crippen molar-refractivity contribution in [1.82, 2.24) is 0 Å². The third kappa shape index (κ3) is 3.27. The van der Waals surface area contributed by atoms with Gasteiger partial charge in [-0.15, -0.1) is 0 Å². The molecule has 0 radical (unpaired) electrons. The van der Waals surface area contributed by atoms with Crippen LogP contribution in [0.4, 0.5) is 0 Å². The van der Waals surface area contributed by atoms with Gasteiger partial charge >= 0.3 is 5.97 Å². The Balaban J connectivity index is 1.61. The highest BCUT2D eigenvalue weighted by Gasteiger charge is 2.65. The molecule has 4 N–H and O–H groups in total. The van der Waals surface area contributed by atoms with E-state index in [0.29, 0.717) is 30.1 Å². The fourth-order valence-corrected chi connectivity index (χ4v) is 8.68. The second kappa shape index (κ2) is 7.49. The van der Waals surface area contributed by atoms with Crippen LogP contribution in [-0.2, 0) is 4.79 Å². The van der Waals surface area contributed by atoms with E-state index < -0.39 is 12.1 Å². The molecule has 5 nitrogen and oxygen atoms in total. The zero-order chi connectivity index (χ0) is 21.1. The molecule has 0 aromatic rings. The van der Waals surface area contributed by atoms with E-state index >= 15 is 0 Å². The number of carbonyl (C=O) groups is 1. The Morgan fingerprint density at radius 1 is 1.03 bits per heavy atom. The first-order chi connectivity index (χ1) is 13.6. The van der Waals surface area contributed by atoms with Crippen molar-refractivity contribution in [2.45, 2.75) is 96.9 Å². The molecule has 4 aliphatic rings. The lowest BCUT2D eigenvalue weighted by Gasteiger charge is -2.63. The van der Waals surface area contributed by atoms with Crippen LogP contribution in [0.1, 0.15) is 78.6 Å². The van der Waals surface area contributed by atoms with Crippen molar-refractivity contribution in [1.29, 1.82) is 0 Å². The minimum absolute atomic E-state index is 0.0957. The maximum atomic E-state index is 11.5. The Labute approximate surface area is 174 Å². The lowest BCUT2D eigenvalue weighted by Crippen LogP contribution is -2.62. The molecule has 0 bridgehead atoms. The van der Waals surface area contributed by atoms with E-state index in [1.54, 1.807) is 0 Å². The zero-order valence-corrected chi connectivity index (χ0v) is 18.3. The van der Waals surface area contributed by atoms with Crippen LogP contribution in [-0.4, -0.2) is 44.7 Å². The summed E-state index contributed by atoms with van der Waals surface area (Å²) in [7, 11) is 0. The third-order valence-corrected chi connectivity index (χ3v) is 10.3. The van der Waals surface area contributed by atoms with Crippen molar-refractivity contribution < 1.29 is 25.2 Å². The van der Waals surface area contributed by atoms with E-state index in [-0.39, 0.29) is 41.3 Å². The Kier molecular flexibility index (Phi) is 5.57. The number of carboxylic acid groups (broad SMARTS) is 1. The molecule has 166 valence electrons. The molecule has 11 atom stereocenters. The molecule has 0 spiro atoms. The minimum Gasteiger partial charge on any atom is -0.481 e. The summed E-state index contributed by atoms with van der Waals surface area (Å²) in [6.45, 7) is 6.72. The average Bonchev–Trinajstić information content (AvgIpc) is 3.01. The molecular formula is C24H40O5. The maximum absolute atomic E-state index is 11.5. The first-order valence-electron chi connectivity index (χ1n) is 11.8. The molecule has 0 heterocycles. The molecule has 0 aromatic carbocycles. The molecule has 4 rings (SSSR count). The van der Waals surface area contributed by atoms with Gasteiger partial charge in [-0.2, -0.15) is 0 Å². The Morgan fingerprint density at radius 3 is 2.45 bits per heavy atom. The summed E-state index contributed by atoms with van der Waals surface area (Å²) in [5, 5.41) is 42.0. The molecule has 0 aromatic heterocycles. The predicted octanol–water partition coefficient (Wildman–Crippen LogP) is 3.45. The number of fused-ring (bicyclic) bond motifs is 5. The normalized spacial score (nSPS) is 52.9. The number of hydrogen-bond donors (Lipinski definition) is 4. The molecule has 0 aliphatic heterocycles. The molecule has 0 amide bonds. The number of hydrogen-bond acceptors (Lipinski definition) is 4. The van der Waals surface area contributed by atoms with Crippen molar-refractivity contribution in [2.24, 2.45) is 46.3 Å². The van der Waals surface area contributed by atoms with Gasteiger partial charge in [0.1, 0.15) is 0 Å². The standard InChI is InChI=1S/C24H40O5/c1-13(4-7-21(28)29)16-5-6-17-22-18(12-20(27)24(16,17)3)23(2)9-8-15(25)10-14(23)11-19(22)26/h13-20,22,25-27H,4-12H2,1-3H3,(H,28,29)/t13?,14-,15+,16?,17?,18?,19-,20?,22+,23?,24?/m0/s1. The first-order valence-corrected chi connectivity index (χ1v) is 11.8. The van der Waals surface area contributed by atoms with E-state index in [1.165, 1.54) is 0 Å². The van der Waals surface area contributed by atoms with Crippen LogP contribution in [0.15, 0.2) is 0 Å². The van der Waals surface area contributed by atoms with Crippen LogP contribution >= 0.6 is 0 Å². The minimum atomic E-state index is -0.748. The van der Waals surface area contributed by atoms with Crippen LogP contribution in [0.5, 0.6) is 0 Å². The van der Waals surface area contributed by atoms with E-state index in [4.69, 9.17) is 5.11 Å². The van der Waals surface area contributed by atoms with Crippen LogP contribution in [0.25, 0.3) is 0 Å². The number of carboxylic acids is 1. The fraction of sp³-hybridized carbons (Fsp3) is 0.958. The average molecular weight is 409 g/mol. The van der Waals surface area contributed by atoms with Gasteiger partial charge in [0, 0.05) is 6.42 Å². The number of aliphatic hydroxyl groups excluding tert-OH is 3. The zero-order valence-electron chi connectivity index (χ0n) is 18.3. The quantitative estimate of drug-likeness (QED) is 0.571. The Morgan fingerprint density at radius 2 is 1.76 bits per heavy atom. The molecule has 5 heteroatoms. The number of rotatable bonds is 4. The van der Waals surface area contributed by atoms with Crippen molar-refractivity contribution in [3.8, 4) is 0 Å². The summed E-state index contributed by atoms with van der Waals surface area (Å²) in [6, 6.07) is 0. The second-order valence-electron chi connectivity index (χ2n) is 11.4. The Bertz CT molecular complexity index is 637. The van der Waals surface area contributed by atoms with E-state index in [9.17, 15) is 20.1 Å². The molecule has 29 heavy (non-hydrogen) atoms. The monoisotopic (exact) mass is 408 g/mol. The molecule has 4 fully saturated rings. The first kappa shape index (κ1) is 21.6. The summed E-state index contributed by atoms with van der Waals surface area (Å²) in [5.41, 5.74) is -0.143. The van der Waals surface area contributed by atoms with Gasteiger partial charge in [-0.05, 0) is 97.7 Å². The van der Waals surface area contributed by atoms with Gasteiger partial charge in [0.2, 0.25) is 0 Å². The van der Waals surface area contributed by atoms with Gasteiger partial charge in [0.25, 0.3) is 0 Å². The van der Waals surface area contributed by atoms with Gasteiger partial charge in [-0.3, -0.25) is 4.79 Å². The number of aliphatic hydroxyl groups is 3. The highest BCUT2D eigenvalue weighted by atomic mass is 16.4.